The lowest BCUT2D eigenvalue weighted by molar-refractivity contribution is -0.132. The Balaban J connectivity index is 0.00000242. The second-order valence-electron chi connectivity index (χ2n) is 5.16. The number of benzene rings is 1. The molecule has 0 saturated heterocycles. The van der Waals surface area contributed by atoms with Gasteiger partial charge in [-0.3, -0.25) is 9.48 Å². The molecule has 6 heteroatoms. The quantitative estimate of drug-likeness (QED) is 0.882. The van der Waals surface area contributed by atoms with Crippen molar-refractivity contribution in [1.29, 1.82) is 0 Å². The molecule has 1 N–H and O–H groups in total. The Morgan fingerprint density at radius 3 is 2.59 bits per heavy atom. The zero-order valence-corrected chi connectivity index (χ0v) is 14.0. The predicted molar refractivity (Wildman–Crippen MR) is 90.0 cm³/mol. The van der Waals surface area contributed by atoms with Crippen LogP contribution in [0.15, 0.2) is 42.7 Å². The average Bonchev–Trinajstić information content (AvgIpc) is 2.92. The molecule has 2 rings (SSSR count). The van der Waals surface area contributed by atoms with E-state index in [1.54, 1.807) is 22.8 Å². The fourth-order valence-electron chi connectivity index (χ4n) is 2.29. The van der Waals surface area contributed by atoms with Gasteiger partial charge in [-0.25, -0.2) is 0 Å². The zero-order valence-electron chi connectivity index (χ0n) is 13.2. The molecule has 0 fully saturated rings. The molecule has 120 valence electrons. The number of rotatable bonds is 6. The van der Waals surface area contributed by atoms with Gasteiger partial charge >= 0.3 is 0 Å². The highest BCUT2D eigenvalue weighted by atomic mass is 35.5. The Morgan fingerprint density at radius 2 is 2.05 bits per heavy atom. The molecule has 2 aromatic rings. The van der Waals surface area contributed by atoms with Crippen LogP contribution in [0.2, 0.25) is 0 Å². The summed E-state index contributed by atoms with van der Waals surface area (Å²) in [5.74, 6) is 0.0569. The fraction of sp³-hybridized carbons (Fsp3) is 0.375. The van der Waals surface area contributed by atoms with E-state index in [-0.39, 0.29) is 24.4 Å². The highest BCUT2D eigenvalue weighted by Gasteiger charge is 2.23. The maximum Gasteiger partial charge on any atom is 0.244 e. The normalized spacial score (nSPS) is 11.6. The standard InChI is InChI=1S/C16H22N4O.ClH/c1-17-15(14-11-18-20(3)12-14)16(21)19(2)10-9-13-7-5-4-6-8-13;/h4-8,11-12,15,17H,9-10H2,1-3H3;1H. The molecule has 0 aliphatic carbocycles. The fourth-order valence-corrected chi connectivity index (χ4v) is 2.29. The second kappa shape index (κ2) is 8.56. The number of nitrogens with zero attached hydrogens (tertiary/aromatic N) is 3. The molecule has 1 unspecified atom stereocenters. The first kappa shape index (κ1) is 18.2. The largest absolute Gasteiger partial charge is 0.344 e. The van der Waals surface area contributed by atoms with Crippen molar-refractivity contribution >= 4 is 18.3 Å². The Hall–Kier alpha value is -1.85. The molecule has 5 nitrogen and oxygen atoms in total. The summed E-state index contributed by atoms with van der Waals surface area (Å²) in [4.78, 5) is 14.3. The van der Waals surface area contributed by atoms with Gasteiger partial charge in [-0.15, -0.1) is 12.4 Å². The molecule has 1 aromatic carbocycles. The van der Waals surface area contributed by atoms with E-state index in [0.29, 0.717) is 6.54 Å². The number of halogens is 1. The highest BCUT2D eigenvalue weighted by molar-refractivity contribution is 5.85. The number of amides is 1. The van der Waals surface area contributed by atoms with Crippen molar-refractivity contribution in [2.24, 2.45) is 7.05 Å². The van der Waals surface area contributed by atoms with Crippen LogP contribution in [-0.2, 0) is 18.3 Å². The minimum absolute atomic E-state index is 0. The van der Waals surface area contributed by atoms with E-state index in [9.17, 15) is 4.79 Å². The molecule has 0 radical (unpaired) electrons. The number of aromatic nitrogens is 2. The number of carbonyl (C=O) groups is 1. The lowest BCUT2D eigenvalue weighted by atomic mass is 10.1. The van der Waals surface area contributed by atoms with Gasteiger partial charge in [0, 0.05) is 32.4 Å². The summed E-state index contributed by atoms with van der Waals surface area (Å²) in [6.45, 7) is 0.696. The van der Waals surface area contributed by atoms with E-state index < -0.39 is 0 Å². The van der Waals surface area contributed by atoms with Crippen LogP contribution >= 0.6 is 12.4 Å². The van der Waals surface area contributed by atoms with Crippen LogP contribution in [0.4, 0.5) is 0 Å². The molecule has 1 atom stereocenters. The van der Waals surface area contributed by atoms with Crippen LogP contribution < -0.4 is 5.32 Å². The predicted octanol–water partition coefficient (Wildman–Crippen LogP) is 1.80. The van der Waals surface area contributed by atoms with Gasteiger partial charge in [0.1, 0.15) is 6.04 Å². The van der Waals surface area contributed by atoms with Crippen molar-refractivity contribution in [3.8, 4) is 0 Å². The van der Waals surface area contributed by atoms with Gasteiger partial charge in [-0.1, -0.05) is 30.3 Å². The van der Waals surface area contributed by atoms with E-state index in [0.717, 1.165) is 12.0 Å². The van der Waals surface area contributed by atoms with Crippen molar-refractivity contribution in [2.75, 3.05) is 20.6 Å². The third-order valence-electron chi connectivity index (χ3n) is 3.55. The summed E-state index contributed by atoms with van der Waals surface area (Å²) in [7, 11) is 5.48. The number of aryl methyl sites for hydroxylation is 1. The van der Waals surface area contributed by atoms with Gasteiger partial charge in [0.25, 0.3) is 0 Å². The average molecular weight is 323 g/mol. The van der Waals surface area contributed by atoms with Crippen LogP contribution in [-0.4, -0.2) is 41.2 Å². The molecular weight excluding hydrogens is 300 g/mol. The number of hydrogen-bond donors (Lipinski definition) is 1. The molecule has 0 spiro atoms. The van der Waals surface area contributed by atoms with Crippen LogP contribution in [0.5, 0.6) is 0 Å². The Morgan fingerprint density at radius 1 is 1.36 bits per heavy atom. The van der Waals surface area contributed by atoms with E-state index in [1.165, 1.54) is 5.56 Å². The SMILES string of the molecule is CNC(C(=O)N(C)CCc1ccccc1)c1cnn(C)c1.Cl. The van der Waals surface area contributed by atoms with Crippen LogP contribution in [0.1, 0.15) is 17.2 Å². The van der Waals surface area contributed by atoms with E-state index in [1.807, 2.05) is 38.5 Å². The molecule has 0 aliphatic heterocycles. The zero-order chi connectivity index (χ0) is 15.2. The molecular formula is C16H23ClN4O. The lowest BCUT2D eigenvalue weighted by Crippen LogP contribution is -2.38. The van der Waals surface area contributed by atoms with Gasteiger partial charge < -0.3 is 10.2 Å². The van der Waals surface area contributed by atoms with Gasteiger partial charge in [-0.2, -0.15) is 5.10 Å². The molecule has 1 amide bonds. The van der Waals surface area contributed by atoms with E-state index in [4.69, 9.17) is 0 Å². The minimum atomic E-state index is -0.348. The molecule has 22 heavy (non-hydrogen) atoms. The summed E-state index contributed by atoms with van der Waals surface area (Å²) in [5, 5.41) is 7.19. The summed E-state index contributed by atoms with van der Waals surface area (Å²) in [6.07, 6.45) is 4.45. The molecule has 1 heterocycles. The minimum Gasteiger partial charge on any atom is -0.344 e. The van der Waals surface area contributed by atoms with Gasteiger partial charge in [0.15, 0.2) is 0 Å². The van der Waals surface area contributed by atoms with Crippen LogP contribution in [0, 0.1) is 0 Å². The first-order valence-corrected chi connectivity index (χ1v) is 7.06. The smallest absolute Gasteiger partial charge is 0.244 e. The molecule has 1 aromatic heterocycles. The number of carbonyl (C=O) groups excluding carboxylic acids is 1. The van der Waals surface area contributed by atoms with Gasteiger partial charge in [0.05, 0.1) is 6.20 Å². The first-order valence-electron chi connectivity index (χ1n) is 7.06. The van der Waals surface area contributed by atoms with Crippen molar-refractivity contribution in [3.63, 3.8) is 0 Å². The number of likely N-dealkylation sites (N-methyl/N-ethyl adjacent to an activating group) is 2. The maximum absolute atomic E-state index is 12.5. The number of hydrogen-bond acceptors (Lipinski definition) is 3. The van der Waals surface area contributed by atoms with Crippen molar-refractivity contribution in [2.45, 2.75) is 12.5 Å². The Kier molecular flexibility index (Phi) is 7.08. The second-order valence-corrected chi connectivity index (χ2v) is 5.16. The monoisotopic (exact) mass is 322 g/mol. The summed E-state index contributed by atoms with van der Waals surface area (Å²) in [5.41, 5.74) is 2.12. The van der Waals surface area contributed by atoms with E-state index >= 15 is 0 Å². The van der Waals surface area contributed by atoms with Crippen molar-refractivity contribution in [3.05, 3.63) is 53.9 Å². The van der Waals surface area contributed by atoms with Gasteiger partial charge in [-0.05, 0) is 19.0 Å². The molecule has 0 aliphatic rings. The summed E-state index contributed by atoms with van der Waals surface area (Å²) < 4.78 is 1.71. The Labute approximate surface area is 137 Å². The third kappa shape index (κ3) is 4.58. The van der Waals surface area contributed by atoms with E-state index in [2.05, 4.69) is 22.5 Å². The lowest BCUT2D eigenvalue weighted by Gasteiger charge is -2.23. The third-order valence-corrected chi connectivity index (χ3v) is 3.55. The maximum atomic E-state index is 12.5. The number of nitrogens with one attached hydrogen (secondary N) is 1. The van der Waals surface area contributed by atoms with Gasteiger partial charge in [0.2, 0.25) is 5.91 Å². The van der Waals surface area contributed by atoms with Crippen LogP contribution in [0.25, 0.3) is 0 Å². The highest BCUT2D eigenvalue weighted by Crippen LogP contribution is 2.14. The Bertz CT molecular complexity index is 585. The molecule has 0 bridgehead atoms. The molecule has 0 saturated carbocycles. The summed E-state index contributed by atoms with van der Waals surface area (Å²) in [6, 6.07) is 9.84. The first-order chi connectivity index (χ1) is 10.1. The summed E-state index contributed by atoms with van der Waals surface area (Å²) >= 11 is 0. The topological polar surface area (TPSA) is 50.2 Å². The van der Waals surface area contributed by atoms with Crippen molar-refractivity contribution < 1.29 is 4.79 Å². The van der Waals surface area contributed by atoms with Crippen molar-refractivity contribution in [1.82, 2.24) is 20.0 Å². The van der Waals surface area contributed by atoms with Crippen LogP contribution in [0.3, 0.4) is 0 Å².